The molecular weight excluding hydrogens is 286 g/mol. The third-order valence-electron chi connectivity index (χ3n) is 4.86. The van der Waals surface area contributed by atoms with Crippen LogP contribution in [0.25, 0.3) is 5.69 Å². The van der Waals surface area contributed by atoms with E-state index >= 15 is 0 Å². The highest BCUT2D eigenvalue weighted by Gasteiger charge is 2.18. The molecule has 0 saturated heterocycles. The normalized spacial score (nSPS) is 14.5. The van der Waals surface area contributed by atoms with Crippen LogP contribution in [0.2, 0.25) is 0 Å². The van der Waals surface area contributed by atoms with E-state index < -0.39 is 0 Å². The molecule has 1 aliphatic rings. The lowest BCUT2D eigenvalue weighted by atomic mass is 9.85. The Labute approximate surface area is 137 Å². The van der Waals surface area contributed by atoms with Crippen LogP contribution in [0.3, 0.4) is 0 Å². The van der Waals surface area contributed by atoms with Crippen molar-refractivity contribution in [3.8, 4) is 5.69 Å². The number of carbonyl (C=O) groups excluding carboxylic acids is 1. The molecule has 1 amide bonds. The van der Waals surface area contributed by atoms with Crippen LogP contribution in [0.5, 0.6) is 0 Å². The number of aromatic nitrogens is 2. The van der Waals surface area contributed by atoms with Gasteiger partial charge in [0, 0.05) is 18.7 Å². The van der Waals surface area contributed by atoms with Gasteiger partial charge in [0.1, 0.15) is 0 Å². The molecule has 0 aliphatic heterocycles. The van der Waals surface area contributed by atoms with Crippen molar-refractivity contribution in [3.63, 3.8) is 0 Å². The molecule has 0 radical (unpaired) electrons. The highest BCUT2D eigenvalue weighted by molar-refractivity contribution is 5.76. The van der Waals surface area contributed by atoms with E-state index in [9.17, 15) is 4.79 Å². The number of benzene rings is 1. The van der Waals surface area contributed by atoms with Crippen LogP contribution in [0.15, 0.2) is 30.3 Å². The van der Waals surface area contributed by atoms with Crippen LogP contribution in [-0.2, 0) is 11.2 Å². The van der Waals surface area contributed by atoms with E-state index in [1.807, 2.05) is 29.8 Å². The Morgan fingerprint density at radius 1 is 1.26 bits per heavy atom. The van der Waals surface area contributed by atoms with Crippen molar-refractivity contribution in [2.24, 2.45) is 5.92 Å². The first-order valence-electron chi connectivity index (χ1n) is 8.52. The molecule has 2 aromatic rings. The molecule has 4 heteroatoms. The minimum Gasteiger partial charge on any atom is -0.356 e. The Kier molecular flexibility index (Phi) is 4.79. The summed E-state index contributed by atoms with van der Waals surface area (Å²) in [6, 6.07) is 10.1. The lowest BCUT2D eigenvalue weighted by Gasteiger charge is -2.25. The summed E-state index contributed by atoms with van der Waals surface area (Å²) in [5.41, 5.74) is 4.39. The number of aryl methyl sites for hydroxylation is 1. The summed E-state index contributed by atoms with van der Waals surface area (Å²) < 4.78 is 1.97. The van der Waals surface area contributed by atoms with Gasteiger partial charge < -0.3 is 5.32 Å². The van der Waals surface area contributed by atoms with Gasteiger partial charge in [-0.1, -0.05) is 24.6 Å². The molecule has 0 bridgehead atoms. The molecule has 1 aromatic carbocycles. The van der Waals surface area contributed by atoms with Crippen molar-refractivity contribution in [3.05, 3.63) is 47.3 Å². The van der Waals surface area contributed by atoms with Gasteiger partial charge in [0.2, 0.25) is 5.91 Å². The molecule has 1 fully saturated rings. The van der Waals surface area contributed by atoms with Crippen LogP contribution >= 0.6 is 0 Å². The number of hydrogen-bond donors (Lipinski definition) is 1. The molecular formula is C19H25N3O. The molecule has 1 N–H and O–H groups in total. The number of nitrogens with zero attached hydrogens (tertiary/aromatic N) is 2. The zero-order valence-corrected chi connectivity index (χ0v) is 14.0. The first kappa shape index (κ1) is 15.8. The summed E-state index contributed by atoms with van der Waals surface area (Å²) in [4.78, 5) is 12.0. The standard InChI is InChI=1S/C19H25N3O/c1-14-18(11-12-19(23)20-13-16-7-6-8-16)15(2)22(21-14)17-9-4-3-5-10-17/h3-5,9-10,16H,6-8,11-13H2,1-2H3,(H,20,23). The zero-order valence-electron chi connectivity index (χ0n) is 14.0. The number of carbonyl (C=O) groups is 1. The Balaban J connectivity index is 1.61. The number of para-hydroxylation sites is 1. The van der Waals surface area contributed by atoms with Crippen LogP contribution in [0.1, 0.15) is 42.6 Å². The van der Waals surface area contributed by atoms with Crippen molar-refractivity contribution in [2.45, 2.75) is 46.0 Å². The highest BCUT2D eigenvalue weighted by atomic mass is 16.1. The van der Waals surface area contributed by atoms with E-state index in [0.717, 1.165) is 30.0 Å². The Morgan fingerprint density at radius 3 is 2.65 bits per heavy atom. The van der Waals surface area contributed by atoms with Gasteiger partial charge in [0.05, 0.1) is 11.4 Å². The second-order valence-electron chi connectivity index (χ2n) is 6.50. The van der Waals surface area contributed by atoms with Gasteiger partial charge in [-0.05, 0) is 56.7 Å². The summed E-state index contributed by atoms with van der Waals surface area (Å²) in [6.07, 6.45) is 5.14. The largest absolute Gasteiger partial charge is 0.356 e. The first-order valence-corrected chi connectivity index (χ1v) is 8.52. The fourth-order valence-corrected chi connectivity index (χ4v) is 3.14. The third kappa shape index (κ3) is 3.63. The minimum absolute atomic E-state index is 0.156. The molecule has 122 valence electrons. The fraction of sp³-hybridized carbons (Fsp3) is 0.474. The van der Waals surface area contributed by atoms with Gasteiger partial charge in [0.25, 0.3) is 0 Å². The molecule has 1 heterocycles. The predicted molar refractivity (Wildman–Crippen MR) is 91.7 cm³/mol. The molecule has 1 aromatic heterocycles. The second-order valence-corrected chi connectivity index (χ2v) is 6.50. The van der Waals surface area contributed by atoms with Crippen LogP contribution in [0.4, 0.5) is 0 Å². The Morgan fingerprint density at radius 2 is 2.00 bits per heavy atom. The van der Waals surface area contributed by atoms with E-state index in [1.165, 1.54) is 24.8 Å². The quantitative estimate of drug-likeness (QED) is 0.889. The SMILES string of the molecule is Cc1nn(-c2ccccc2)c(C)c1CCC(=O)NCC1CCC1. The Hall–Kier alpha value is -2.10. The van der Waals surface area contributed by atoms with Gasteiger partial charge in [-0.3, -0.25) is 4.79 Å². The average Bonchev–Trinajstić information content (AvgIpc) is 2.79. The van der Waals surface area contributed by atoms with Gasteiger partial charge in [-0.2, -0.15) is 5.10 Å². The van der Waals surface area contributed by atoms with Gasteiger partial charge in [-0.15, -0.1) is 0 Å². The molecule has 1 saturated carbocycles. The summed E-state index contributed by atoms with van der Waals surface area (Å²) in [6.45, 7) is 4.95. The monoisotopic (exact) mass is 311 g/mol. The fourth-order valence-electron chi connectivity index (χ4n) is 3.14. The van der Waals surface area contributed by atoms with Crippen LogP contribution in [0, 0.1) is 19.8 Å². The summed E-state index contributed by atoms with van der Waals surface area (Å²) >= 11 is 0. The van der Waals surface area contributed by atoms with Gasteiger partial charge in [-0.25, -0.2) is 4.68 Å². The van der Waals surface area contributed by atoms with Crippen LogP contribution in [-0.4, -0.2) is 22.2 Å². The Bertz CT molecular complexity index is 671. The molecule has 1 aliphatic carbocycles. The second kappa shape index (κ2) is 6.99. The summed E-state index contributed by atoms with van der Waals surface area (Å²) in [7, 11) is 0. The van der Waals surface area contributed by atoms with Crippen molar-refractivity contribution in [1.29, 1.82) is 0 Å². The maximum atomic E-state index is 12.0. The van der Waals surface area contributed by atoms with Crippen molar-refractivity contribution >= 4 is 5.91 Å². The smallest absolute Gasteiger partial charge is 0.220 e. The molecule has 23 heavy (non-hydrogen) atoms. The van der Waals surface area contributed by atoms with E-state index in [-0.39, 0.29) is 5.91 Å². The maximum absolute atomic E-state index is 12.0. The highest BCUT2D eigenvalue weighted by Crippen LogP contribution is 2.25. The molecule has 3 rings (SSSR count). The summed E-state index contributed by atoms with van der Waals surface area (Å²) in [5.74, 6) is 0.867. The van der Waals surface area contributed by atoms with E-state index in [1.54, 1.807) is 0 Å². The van der Waals surface area contributed by atoms with Crippen molar-refractivity contribution in [2.75, 3.05) is 6.54 Å². The van der Waals surface area contributed by atoms with E-state index in [4.69, 9.17) is 0 Å². The van der Waals surface area contributed by atoms with E-state index in [2.05, 4.69) is 29.5 Å². The predicted octanol–water partition coefficient (Wildman–Crippen LogP) is 3.34. The number of rotatable bonds is 6. The third-order valence-corrected chi connectivity index (χ3v) is 4.86. The van der Waals surface area contributed by atoms with Gasteiger partial charge >= 0.3 is 0 Å². The topological polar surface area (TPSA) is 46.9 Å². The number of hydrogen-bond acceptors (Lipinski definition) is 2. The van der Waals surface area contributed by atoms with Crippen molar-refractivity contribution in [1.82, 2.24) is 15.1 Å². The lowest BCUT2D eigenvalue weighted by Crippen LogP contribution is -2.32. The van der Waals surface area contributed by atoms with Gasteiger partial charge in [0.15, 0.2) is 0 Å². The maximum Gasteiger partial charge on any atom is 0.220 e. The first-order chi connectivity index (χ1) is 11.1. The number of nitrogens with one attached hydrogen (secondary N) is 1. The summed E-state index contributed by atoms with van der Waals surface area (Å²) in [5, 5.41) is 7.71. The average molecular weight is 311 g/mol. The molecule has 0 spiro atoms. The minimum atomic E-state index is 0.156. The van der Waals surface area contributed by atoms with Crippen molar-refractivity contribution < 1.29 is 4.79 Å². The number of amides is 1. The lowest BCUT2D eigenvalue weighted by molar-refractivity contribution is -0.121. The molecule has 4 nitrogen and oxygen atoms in total. The van der Waals surface area contributed by atoms with Crippen LogP contribution < -0.4 is 5.32 Å². The molecule has 0 unspecified atom stereocenters. The zero-order chi connectivity index (χ0) is 16.2. The molecule has 0 atom stereocenters. The van der Waals surface area contributed by atoms with E-state index in [0.29, 0.717) is 12.3 Å².